The third-order valence-electron chi connectivity index (χ3n) is 5.72. The third kappa shape index (κ3) is 5.29. The van der Waals surface area contributed by atoms with Crippen molar-refractivity contribution in [3.8, 4) is 11.5 Å². The molecule has 6 N–H and O–H groups in total. The van der Waals surface area contributed by atoms with Crippen LogP contribution in [0.2, 0.25) is 0 Å². The number of ether oxygens (including phenoxy) is 5. The van der Waals surface area contributed by atoms with Crippen molar-refractivity contribution in [2.75, 3.05) is 26.9 Å². The molecular weight excluding hydrogens is 444 g/mol. The van der Waals surface area contributed by atoms with Gasteiger partial charge < -0.3 is 54.3 Å². The minimum absolute atomic E-state index is 0.103. The van der Waals surface area contributed by atoms with Gasteiger partial charge in [0.25, 0.3) is 0 Å². The standard InChI is InChI=1S/C21H30O12/c1-3-11(23)10-4-5-12(13(6-10)29-2)32-19-17(26)16(25)15(24)14(33-19)7-30-20-18(27)21(28,8-22)9-31-20/h4-6,14-20,22,24-28H,3,7-9H2,1-2H3/t14-,15-,16+,17-,18-,19-,20+,21+/m1/s1. The Kier molecular flexibility index (Phi) is 8.26. The summed E-state index contributed by atoms with van der Waals surface area (Å²) in [7, 11) is 1.37. The second-order valence-corrected chi connectivity index (χ2v) is 7.99. The summed E-state index contributed by atoms with van der Waals surface area (Å²) in [6, 6.07) is 4.45. The number of rotatable bonds is 9. The zero-order chi connectivity index (χ0) is 24.3. The van der Waals surface area contributed by atoms with Crippen molar-refractivity contribution in [1.29, 1.82) is 0 Å². The summed E-state index contributed by atoms with van der Waals surface area (Å²) in [6.45, 7) is 0.199. The average molecular weight is 474 g/mol. The quantitative estimate of drug-likeness (QED) is 0.215. The number of carbonyl (C=O) groups excluding carboxylic acids is 1. The van der Waals surface area contributed by atoms with Gasteiger partial charge in [-0.1, -0.05) is 6.92 Å². The fraction of sp³-hybridized carbons (Fsp3) is 0.667. The predicted octanol–water partition coefficient (Wildman–Crippen LogP) is -2.07. The molecule has 1 aromatic rings. The fourth-order valence-corrected chi connectivity index (χ4v) is 3.54. The van der Waals surface area contributed by atoms with Gasteiger partial charge in [-0.2, -0.15) is 0 Å². The van der Waals surface area contributed by atoms with E-state index < -0.39 is 61.9 Å². The smallest absolute Gasteiger partial charge is 0.229 e. The van der Waals surface area contributed by atoms with E-state index in [1.165, 1.54) is 25.3 Å². The lowest BCUT2D eigenvalue weighted by molar-refractivity contribution is -0.289. The van der Waals surface area contributed by atoms with E-state index in [1.807, 2.05) is 0 Å². The zero-order valence-electron chi connectivity index (χ0n) is 18.2. The Labute approximate surface area is 189 Å². The molecule has 2 fully saturated rings. The summed E-state index contributed by atoms with van der Waals surface area (Å²) in [5.74, 6) is 0.221. The van der Waals surface area contributed by atoms with Gasteiger partial charge in [-0.3, -0.25) is 4.79 Å². The number of aliphatic hydroxyl groups excluding tert-OH is 5. The van der Waals surface area contributed by atoms with Gasteiger partial charge in [0.15, 0.2) is 23.6 Å². The summed E-state index contributed by atoms with van der Waals surface area (Å²) in [4.78, 5) is 11.9. The molecule has 0 saturated carbocycles. The van der Waals surface area contributed by atoms with Crippen LogP contribution < -0.4 is 9.47 Å². The van der Waals surface area contributed by atoms with E-state index in [1.54, 1.807) is 6.92 Å². The fourth-order valence-electron chi connectivity index (χ4n) is 3.54. The first-order chi connectivity index (χ1) is 15.6. The molecule has 12 nitrogen and oxygen atoms in total. The molecule has 12 heteroatoms. The monoisotopic (exact) mass is 474 g/mol. The van der Waals surface area contributed by atoms with Crippen molar-refractivity contribution in [1.82, 2.24) is 0 Å². The average Bonchev–Trinajstić information content (AvgIpc) is 3.12. The van der Waals surface area contributed by atoms with Crippen LogP contribution >= 0.6 is 0 Å². The Hall–Kier alpha value is -1.87. The summed E-state index contributed by atoms with van der Waals surface area (Å²) in [5, 5.41) is 60.2. The summed E-state index contributed by atoms with van der Waals surface area (Å²) in [6.07, 6.45) is -10.1. The number of aliphatic hydroxyl groups is 6. The molecule has 2 saturated heterocycles. The summed E-state index contributed by atoms with van der Waals surface area (Å²) >= 11 is 0. The van der Waals surface area contributed by atoms with Gasteiger partial charge in [-0.05, 0) is 18.2 Å². The maximum atomic E-state index is 11.9. The first-order valence-corrected chi connectivity index (χ1v) is 10.5. The van der Waals surface area contributed by atoms with E-state index in [0.29, 0.717) is 12.0 Å². The SMILES string of the molecule is CCC(=O)c1ccc(O[C@@H]2O[C@H](CO[C@H]3OC[C@@](O)(CO)[C@@H]3O)[C@@H](O)[C@H](O)[C@H]2O)c(OC)c1. The Morgan fingerprint density at radius 1 is 1.12 bits per heavy atom. The van der Waals surface area contributed by atoms with Crippen molar-refractivity contribution >= 4 is 5.78 Å². The van der Waals surface area contributed by atoms with Crippen LogP contribution in [0.25, 0.3) is 0 Å². The second-order valence-electron chi connectivity index (χ2n) is 7.99. The van der Waals surface area contributed by atoms with Gasteiger partial charge in [0.2, 0.25) is 6.29 Å². The Morgan fingerprint density at radius 2 is 1.85 bits per heavy atom. The molecule has 0 unspecified atom stereocenters. The highest BCUT2D eigenvalue weighted by Gasteiger charge is 2.50. The Bertz CT molecular complexity index is 818. The van der Waals surface area contributed by atoms with Crippen molar-refractivity contribution in [2.24, 2.45) is 0 Å². The van der Waals surface area contributed by atoms with Crippen LogP contribution in [0.3, 0.4) is 0 Å². The van der Waals surface area contributed by atoms with Gasteiger partial charge in [-0.25, -0.2) is 0 Å². The number of methoxy groups -OCH3 is 1. The topological polar surface area (TPSA) is 185 Å². The number of Topliss-reactive ketones (excluding diaryl/α,β-unsaturated/α-hetero) is 1. The molecule has 0 amide bonds. The van der Waals surface area contributed by atoms with E-state index in [0.717, 1.165) is 0 Å². The van der Waals surface area contributed by atoms with E-state index in [4.69, 9.17) is 23.7 Å². The highest BCUT2D eigenvalue weighted by molar-refractivity contribution is 5.96. The molecule has 0 bridgehead atoms. The van der Waals surface area contributed by atoms with Crippen LogP contribution in [0.5, 0.6) is 11.5 Å². The van der Waals surface area contributed by atoms with E-state index >= 15 is 0 Å². The van der Waals surface area contributed by atoms with E-state index in [9.17, 15) is 35.4 Å². The predicted molar refractivity (Wildman–Crippen MR) is 109 cm³/mol. The van der Waals surface area contributed by atoms with Crippen LogP contribution in [0.15, 0.2) is 18.2 Å². The molecule has 2 aliphatic rings. The Morgan fingerprint density at radius 3 is 2.45 bits per heavy atom. The van der Waals surface area contributed by atoms with Crippen LogP contribution in [0.1, 0.15) is 23.7 Å². The minimum Gasteiger partial charge on any atom is -0.493 e. The molecule has 0 aromatic heterocycles. The molecule has 3 rings (SSSR count). The normalized spacial score (nSPS) is 36.5. The van der Waals surface area contributed by atoms with E-state index in [-0.39, 0.29) is 23.9 Å². The number of ketones is 1. The van der Waals surface area contributed by atoms with Crippen LogP contribution in [0, 0.1) is 0 Å². The first kappa shape index (κ1) is 25.7. The van der Waals surface area contributed by atoms with Crippen molar-refractivity contribution < 1.29 is 59.1 Å². The molecule has 0 radical (unpaired) electrons. The first-order valence-electron chi connectivity index (χ1n) is 10.5. The zero-order valence-corrected chi connectivity index (χ0v) is 18.2. The van der Waals surface area contributed by atoms with E-state index in [2.05, 4.69) is 0 Å². The molecule has 2 heterocycles. The molecular formula is C21H30O12. The Balaban J connectivity index is 1.69. The largest absolute Gasteiger partial charge is 0.493 e. The number of hydrogen-bond donors (Lipinski definition) is 6. The molecule has 2 aliphatic heterocycles. The van der Waals surface area contributed by atoms with Gasteiger partial charge in [0.05, 0.1) is 26.9 Å². The van der Waals surface area contributed by atoms with Gasteiger partial charge in [0, 0.05) is 12.0 Å². The molecule has 8 atom stereocenters. The molecule has 1 aromatic carbocycles. The summed E-state index contributed by atoms with van der Waals surface area (Å²) < 4.78 is 27.0. The van der Waals surface area contributed by atoms with Crippen LogP contribution in [-0.4, -0.2) is 112 Å². The lowest BCUT2D eigenvalue weighted by Gasteiger charge is -2.40. The second kappa shape index (κ2) is 10.6. The lowest BCUT2D eigenvalue weighted by Crippen LogP contribution is -2.60. The maximum Gasteiger partial charge on any atom is 0.229 e. The molecule has 186 valence electrons. The highest BCUT2D eigenvalue weighted by Crippen LogP contribution is 2.33. The van der Waals surface area contributed by atoms with Gasteiger partial charge in [0.1, 0.15) is 36.1 Å². The third-order valence-corrected chi connectivity index (χ3v) is 5.72. The molecule has 0 aliphatic carbocycles. The number of benzene rings is 1. The van der Waals surface area contributed by atoms with Crippen molar-refractivity contribution in [3.05, 3.63) is 23.8 Å². The minimum atomic E-state index is -1.89. The van der Waals surface area contributed by atoms with Crippen molar-refractivity contribution in [3.63, 3.8) is 0 Å². The number of carbonyl (C=O) groups is 1. The molecule has 0 spiro atoms. The van der Waals surface area contributed by atoms with Crippen LogP contribution in [0.4, 0.5) is 0 Å². The molecule has 33 heavy (non-hydrogen) atoms. The lowest BCUT2D eigenvalue weighted by atomic mass is 9.99. The summed E-state index contributed by atoms with van der Waals surface area (Å²) in [5.41, 5.74) is -1.48. The van der Waals surface area contributed by atoms with Gasteiger partial charge in [-0.15, -0.1) is 0 Å². The maximum absolute atomic E-state index is 11.9. The van der Waals surface area contributed by atoms with Gasteiger partial charge >= 0.3 is 0 Å². The van der Waals surface area contributed by atoms with Crippen LogP contribution in [-0.2, 0) is 14.2 Å². The highest BCUT2D eigenvalue weighted by atomic mass is 16.7. The van der Waals surface area contributed by atoms with Crippen molar-refractivity contribution in [2.45, 2.75) is 62.0 Å². The number of hydrogen-bond acceptors (Lipinski definition) is 12.